The predicted molar refractivity (Wildman–Crippen MR) is 74.9 cm³/mol. The molecule has 3 amide bonds. The van der Waals surface area contributed by atoms with Crippen LogP contribution in [0.5, 0.6) is 0 Å². The van der Waals surface area contributed by atoms with E-state index >= 15 is 0 Å². The van der Waals surface area contributed by atoms with E-state index in [2.05, 4.69) is 5.32 Å². The third-order valence-electron chi connectivity index (χ3n) is 2.95. The number of nitrogens with two attached hydrogens (primary N) is 1. The second-order valence-electron chi connectivity index (χ2n) is 4.85. The monoisotopic (exact) mass is 331 g/mol. The molecule has 126 valence electrons. The van der Waals surface area contributed by atoms with Gasteiger partial charge in [0.2, 0.25) is 11.8 Å². The molecule has 23 heavy (non-hydrogen) atoms. The third kappa shape index (κ3) is 5.97. The number of hydrogen-bond acceptors (Lipinski definition) is 3. The van der Waals surface area contributed by atoms with Gasteiger partial charge in [-0.05, 0) is 12.5 Å². The second kappa shape index (κ2) is 7.61. The van der Waals surface area contributed by atoms with E-state index in [9.17, 15) is 27.6 Å². The Morgan fingerprint density at radius 3 is 2.17 bits per heavy atom. The lowest BCUT2D eigenvalue weighted by Crippen LogP contribution is -2.54. The molecule has 1 rings (SSSR count). The van der Waals surface area contributed by atoms with Crippen LogP contribution in [-0.2, 0) is 20.8 Å². The number of hydrogen-bond donors (Lipinski definition) is 3. The first kappa shape index (κ1) is 18.5. The van der Waals surface area contributed by atoms with E-state index in [-0.39, 0.29) is 6.42 Å². The van der Waals surface area contributed by atoms with Gasteiger partial charge in [0.1, 0.15) is 12.1 Å². The number of rotatable bonds is 6. The van der Waals surface area contributed by atoms with E-state index in [0.717, 1.165) is 0 Å². The van der Waals surface area contributed by atoms with Crippen molar-refractivity contribution >= 4 is 17.7 Å². The molecule has 4 N–H and O–H groups in total. The number of halogens is 3. The van der Waals surface area contributed by atoms with E-state index in [0.29, 0.717) is 5.56 Å². The molecule has 0 saturated heterocycles. The highest BCUT2D eigenvalue weighted by Gasteiger charge is 2.41. The average Bonchev–Trinajstić information content (AvgIpc) is 2.46. The summed E-state index contributed by atoms with van der Waals surface area (Å²) >= 11 is 0. The average molecular weight is 331 g/mol. The molecule has 0 radical (unpaired) electrons. The van der Waals surface area contributed by atoms with Gasteiger partial charge in [-0.15, -0.1) is 0 Å². The van der Waals surface area contributed by atoms with Crippen molar-refractivity contribution in [3.8, 4) is 0 Å². The minimum atomic E-state index is -5.12. The number of carbonyl (C=O) groups excluding carboxylic acids is 3. The van der Waals surface area contributed by atoms with Gasteiger partial charge in [-0.3, -0.25) is 14.4 Å². The highest BCUT2D eigenvalue weighted by atomic mass is 19.4. The summed E-state index contributed by atoms with van der Waals surface area (Å²) in [5.74, 6) is -4.02. The molecule has 1 aromatic rings. The third-order valence-corrected chi connectivity index (χ3v) is 2.95. The summed E-state index contributed by atoms with van der Waals surface area (Å²) in [4.78, 5) is 34.0. The van der Waals surface area contributed by atoms with Crippen LogP contribution in [0.1, 0.15) is 12.5 Å². The molecule has 1 aromatic carbocycles. The standard InChI is InChI=1S/C14H16F3N3O3/c1-8(11(18)21)19-12(22)10(20-13(23)14(15,16)17)7-9-5-3-2-4-6-9/h2-6,8,10H,7H2,1H3,(H2,18,21)(H,19,22)(H,20,23). The summed E-state index contributed by atoms with van der Waals surface area (Å²) in [7, 11) is 0. The zero-order valence-electron chi connectivity index (χ0n) is 12.2. The van der Waals surface area contributed by atoms with Gasteiger partial charge in [0.25, 0.3) is 0 Å². The number of benzene rings is 1. The Balaban J connectivity index is 2.89. The first-order chi connectivity index (χ1) is 10.6. The van der Waals surface area contributed by atoms with Crippen LogP contribution in [-0.4, -0.2) is 36.0 Å². The van der Waals surface area contributed by atoms with Crippen molar-refractivity contribution in [3.05, 3.63) is 35.9 Å². The van der Waals surface area contributed by atoms with E-state index < -0.39 is 36.0 Å². The summed E-state index contributed by atoms with van der Waals surface area (Å²) in [5.41, 5.74) is 5.53. The molecular weight excluding hydrogens is 315 g/mol. The molecule has 0 aliphatic carbocycles. The lowest BCUT2D eigenvalue weighted by molar-refractivity contribution is -0.174. The van der Waals surface area contributed by atoms with E-state index in [1.807, 2.05) is 0 Å². The Bertz CT molecular complexity index is 576. The molecule has 0 spiro atoms. The van der Waals surface area contributed by atoms with Crippen molar-refractivity contribution in [3.63, 3.8) is 0 Å². The summed E-state index contributed by atoms with van der Waals surface area (Å²) in [6.45, 7) is 1.28. The number of nitrogens with one attached hydrogen (secondary N) is 2. The summed E-state index contributed by atoms with van der Waals surface area (Å²) in [5, 5.41) is 3.78. The topological polar surface area (TPSA) is 101 Å². The molecule has 0 bridgehead atoms. The highest BCUT2D eigenvalue weighted by molar-refractivity contribution is 5.92. The molecule has 9 heteroatoms. The van der Waals surface area contributed by atoms with Crippen molar-refractivity contribution in [1.29, 1.82) is 0 Å². The lowest BCUT2D eigenvalue weighted by Gasteiger charge is -2.21. The first-order valence-corrected chi connectivity index (χ1v) is 6.62. The Morgan fingerprint density at radius 2 is 1.70 bits per heavy atom. The Hall–Kier alpha value is -2.58. The normalized spacial score (nSPS) is 13.7. The van der Waals surface area contributed by atoms with Crippen LogP contribution in [0.15, 0.2) is 30.3 Å². The number of carbonyl (C=O) groups is 3. The maximum atomic E-state index is 12.4. The van der Waals surface area contributed by atoms with Gasteiger partial charge in [-0.25, -0.2) is 0 Å². The Kier molecular flexibility index (Phi) is 6.11. The number of alkyl halides is 3. The van der Waals surface area contributed by atoms with Crippen LogP contribution >= 0.6 is 0 Å². The van der Waals surface area contributed by atoms with Crippen LogP contribution in [0.25, 0.3) is 0 Å². The molecule has 0 saturated carbocycles. The molecule has 0 aliphatic rings. The Morgan fingerprint density at radius 1 is 1.13 bits per heavy atom. The number of amides is 3. The molecule has 0 aliphatic heterocycles. The second-order valence-corrected chi connectivity index (χ2v) is 4.85. The maximum absolute atomic E-state index is 12.4. The van der Waals surface area contributed by atoms with E-state index in [4.69, 9.17) is 5.73 Å². The summed E-state index contributed by atoms with van der Waals surface area (Å²) in [6, 6.07) is 5.60. The van der Waals surface area contributed by atoms with Crippen LogP contribution < -0.4 is 16.4 Å². The molecule has 6 nitrogen and oxygen atoms in total. The lowest BCUT2D eigenvalue weighted by atomic mass is 10.0. The Labute approximate surface area is 130 Å². The van der Waals surface area contributed by atoms with Gasteiger partial charge in [-0.1, -0.05) is 30.3 Å². The van der Waals surface area contributed by atoms with Gasteiger partial charge >= 0.3 is 12.1 Å². The van der Waals surface area contributed by atoms with Crippen molar-refractivity contribution in [2.24, 2.45) is 5.73 Å². The van der Waals surface area contributed by atoms with Crippen LogP contribution in [0.2, 0.25) is 0 Å². The molecule has 0 aromatic heterocycles. The summed E-state index contributed by atoms with van der Waals surface area (Å²) in [6.07, 6.45) is -5.29. The van der Waals surface area contributed by atoms with Crippen LogP contribution in [0, 0.1) is 0 Å². The van der Waals surface area contributed by atoms with Crippen molar-refractivity contribution in [2.75, 3.05) is 0 Å². The molecule has 0 fully saturated rings. The first-order valence-electron chi connectivity index (χ1n) is 6.62. The largest absolute Gasteiger partial charge is 0.471 e. The molecular formula is C14H16F3N3O3. The van der Waals surface area contributed by atoms with Crippen molar-refractivity contribution in [1.82, 2.24) is 10.6 Å². The van der Waals surface area contributed by atoms with Crippen molar-refractivity contribution < 1.29 is 27.6 Å². The van der Waals surface area contributed by atoms with E-state index in [1.165, 1.54) is 6.92 Å². The zero-order valence-corrected chi connectivity index (χ0v) is 12.2. The highest BCUT2D eigenvalue weighted by Crippen LogP contribution is 2.15. The SMILES string of the molecule is CC(NC(=O)C(Cc1ccccc1)NC(=O)C(F)(F)F)C(N)=O. The zero-order chi connectivity index (χ0) is 17.6. The molecule has 2 unspecified atom stereocenters. The summed E-state index contributed by atoms with van der Waals surface area (Å²) < 4.78 is 37.2. The minimum Gasteiger partial charge on any atom is -0.368 e. The van der Waals surface area contributed by atoms with Gasteiger partial charge < -0.3 is 16.4 Å². The van der Waals surface area contributed by atoms with Gasteiger partial charge in [0, 0.05) is 6.42 Å². The van der Waals surface area contributed by atoms with Crippen LogP contribution in [0.3, 0.4) is 0 Å². The van der Waals surface area contributed by atoms with Crippen LogP contribution in [0.4, 0.5) is 13.2 Å². The van der Waals surface area contributed by atoms with Gasteiger partial charge in [0.15, 0.2) is 0 Å². The van der Waals surface area contributed by atoms with Gasteiger partial charge in [0.05, 0.1) is 0 Å². The predicted octanol–water partition coefficient (Wildman–Crippen LogP) is 0.266. The molecule has 0 heterocycles. The fourth-order valence-electron chi connectivity index (χ4n) is 1.68. The van der Waals surface area contributed by atoms with E-state index in [1.54, 1.807) is 35.6 Å². The minimum absolute atomic E-state index is 0.167. The molecule has 2 atom stereocenters. The smallest absolute Gasteiger partial charge is 0.368 e. The fraction of sp³-hybridized carbons (Fsp3) is 0.357. The quantitative estimate of drug-likeness (QED) is 0.697. The maximum Gasteiger partial charge on any atom is 0.471 e. The fourth-order valence-corrected chi connectivity index (χ4v) is 1.68. The van der Waals surface area contributed by atoms with Gasteiger partial charge in [-0.2, -0.15) is 13.2 Å². The number of primary amides is 1. The van der Waals surface area contributed by atoms with Crippen molar-refractivity contribution in [2.45, 2.75) is 31.6 Å².